The van der Waals surface area contributed by atoms with Crippen molar-refractivity contribution in [3.63, 3.8) is 0 Å². The van der Waals surface area contributed by atoms with E-state index in [1.54, 1.807) is 0 Å². The predicted molar refractivity (Wildman–Crippen MR) is 72.0 cm³/mol. The lowest BCUT2D eigenvalue weighted by atomic mass is 9.97. The number of nitrogens with zero attached hydrogens (tertiary/aromatic N) is 1. The van der Waals surface area contributed by atoms with Crippen LogP contribution in [0, 0.1) is 11.6 Å². The van der Waals surface area contributed by atoms with Gasteiger partial charge in [0.15, 0.2) is 11.6 Å². The molecule has 3 nitrogen and oxygen atoms in total. The Labute approximate surface area is 111 Å². The van der Waals surface area contributed by atoms with Gasteiger partial charge in [-0.1, -0.05) is 0 Å². The van der Waals surface area contributed by atoms with Gasteiger partial charge in [0.2, 0.25) is 0 Å². The fourth-order valence-electron chi connectivity index (χ4n) is 3.29. The second kappa shape index (κ2) is 4.96. The molecule has 19 heavy (non-hydrogen) atoms. The SMILES string of the molecule is Nc1cc(F)c(NC2CCN3CCCC3C2)c(F)c1. The summed E-state index contributed by atoms with van der Waals surface area (Å²) in [4.78, 5) is 2.48. The molecule has 0 bridgehead atoms. The fourth-order valence-corrected chi connectivity index (χ4v) is 3.29. The molecule has 2 saturated heterocycles. The van der Waals surface area contributed by atoms with E-state index in [0.29, 0.717) is 6.04 Å². The van der Waals surface area contributed by atoms with Gasteiger partial charge in [-0.2, -0.15) is 0 Å². The minimum absolute atomic E-state index is 0.0364. The highest BCUT2D eigenvalue weighted by molar-refractivity contribution is 5.54. The van der Waals surface area contributed by atoms with Crippen molar-refractivity contribution in [3.8, 4) is 0 Å². The van der Waals surface area contributed by atoms with Crippen molar-refractivity contribution in [1.29, 1.82) is 0 Å². The van der Waals surface area contributed by atoms with E-state index in [2.05, 4.69) is 10.2 Å². The van der Waals surface area contributed by atoms with E-state index in [1.807, 2.05) is 0 Å². The monoisotopic (exact) mass is 267 g/mol. The quantitative estimate of drug-likeness (QED) is 0.809. The molecule has 0 aromatic heterocycles. The van der Waals surface area contributed by atoms with E-state index in [-0.39, 0.29) is 17.4 Å². The Kier molecular flexibility index (Phi) is 3.31. The van der Waals surface area contributed by atoms with Crippen molar-refractivity contribution in [2.45, 2.75) is 37.8 Å². The Morgan fingerprint density at radius 3 is 2.63 bits per heavy atom. The summed E-state index contributed by atoms with van der Waals surface area (Å²) < 4.78 is 27.5. The first kappa shape index (κ1) is 12.7. The zero-order chi connectivity index (χ0) is 13.4. The van der Waals surface area contributed by atoms with Gasteiger partial charge in [0.1, 0.15) is 5.69 Å². The summed E-state index contributed by atoms with van der Waals surface area (Å²) in [6.07, 6.45) is 4.33. The Morgan fingerprint density at radius 1 is 1.16 bits per heavy atom. The minimum atomic E-state index is -0.605. The highest BCUT2D eigenvalue weighted by Gasteiger charge is 2.32. The van der Waals surface area contributed by atoms with Gasteiger partial charge < -0.3 is 16.0 Å². The number of hydrogen-bond donors (Lipinski definition) is 2. The molecule has 5 heteroatoms. The van der Waals surface area contributed by atoms with Gasteiger partial charge in [-0.15, -0.1) is 0 Å². The van der Waals surface area contributed by atoms with E-state index < -0.39 is 11.6 Å². The topological polar surface area (TPSA) is 41.3 Å². The van der Waals surface area contributed by atoms with Gasteiger partial charge in [-0.25, -0.2) is 8.78 Å². The summed E-state index contributed by atoms with van der Waals surface area (Å²) in [6.45, 7) is 2.18. The van der Waals surface area contributed by atoms with Crippen molar-refractivity contribution in [3.05, 3.63) is 23.8 Å². The van der Waals surface area contributed by atoms with Crippen LogP contribution in [-0.4, -0.2) is 30.1 Å². The third-order valence-corrected chi connectivity index (χ3v) is 4.23. The molecule has 2 fully saturated rings. The molecule has 3 rings (SSSR count). The van der Waals surface area contributed by atoms with Crippen LogP contribution < -0.4 is 11.1 Å². The van der Waals surface area contributed by atoms with Crippen LogP contribution in [0.4, 0.5) is 20.2 Å². The van der Waals surface area contributed by atoms with Crippen molar-refractivity contribution < 1.29 is 8.78 Å². The summed E-state index contributed by atoms with van der Waals surface area (Å²) in [5.74, 6) is -1.21. The van der Waals surface area contributed by atoms with E-state index >= 15 is 0 Å². The zero-order valence-electron chi connectivity index (χ0n) is 10.8. The van der Waals surface area contributed by atoms with Gasteiger partial charge >= 0.3 is 0 Å². The summed E-state index contributed by atoms with van der Waals surface area (Å²) in [7, 11) is 0. The van der Waals surface area contributed by atoms with Crippen molar-refractivity contribution >= 4 is 11.4 Å². The van der Waals surface area contributed by atoms with Crippen LogP contribution in [-0.2, 0) is 0 Å². The average molecular weight is 267 g/mol. The number of nitrogens with one attached hydrogen (secondary N) is 1. The molecular weight excluding hydrogens is 248 g/mol. The zero-order valence-corrected chi connectivity index (χ0v) is 10.8. The molecule has 0 aliphatic carbocycles. The van der Waals surface area contributed by atoms with Gasteiger partial charge in [0.25, 0.3) is 0 Å². The second-order valence-electron chi connectivity index (χ2n) is 5.56. The number of benzene rings is 1. The third kappa shape index (κ3) is 2.52. The van der Waals surface area contributed by atoms with Gasteiger partial charge in [0, 0.05) is 24.3 Å². The Bertz CT molecular complexity index is 455. The molecule has 0 spiro atoms. The maximum atomic E-state index is 13.7. The van der Waals surface area contributed by atoms with E-state index in [1.165, 1.54) is 19.4 Å². The molecule has 2 aliphatic rings. The molecule has 1 aromatic carbocycles. The first-order valence-electron chi connectivity index (χ1n) is 6.88. The van der Waals surface area contributed by atoms with Gasteiger partial charge in [-0.3, -0.25) is 0 Å². The van der Waals surface area contributed by atoms with Gasteiger partial charge in [0.05, 0.1) is 0 Å². The lowest BCUT2D eigenvalue weighted by Crippen LogP contribution is -2.43. The van der Waals surface area contributed by atoms with Crippen LogP contribution in [0.5, 0.6) is 0 Å². The molecule has 2 atom stereocenters. The van der Waals surface area contributed by atoms with Crippen molar-refractivity contribution in [2.24, 2.45) is 0 Å². The Morgan fingerprint density at radius 2 is 1.89 bits per heavy atom. The lowest BCUT2D eigenvalue weighted by molar-refractivity contribution is 0.188. The highest BCUT2D eigenvalue weighted by atomic mass is 19.1. The summed E-state index contributed by atoms with van der Waals surface area (Å²) >= 11 is 0. The van der Waals surface area contributed by atoms with Crippen LogP contribution in [0.25, 0.3) is 0 Å². The number of hydrogen-bond acceptors (Lipinski definition) is 3. The van der Waals surface area contributed by atoms with Gasteiger partial charge in [-0.05, 0) is 44.4 Å². The molecule has 0 saturated carbocycles. The molecule has 1 aromatic rings. The Hall–Kier alpha value is -1.36. The number of piperidine rings is 1. The van der Waals surface area contributed by atoms with E-state index in [9.17, 15) is 8.78 Å². The van der Waals surface area contributed by atoms with Crippen LogP contribution >= 0.6 is 0 Å². The number of nitrogen functional groups attached to an aromatic ring is 1. The third-order valence-electron chi connectivity index (χ3n) is 4.23. The van der Waals surface area contributed by atoms with E-state index in [4.69, 9.17) is 5.73 Å². The second-order valence-corrected chi connectivity index (χ2v) is 5.56. The summed E-state index contributed by atoms with van der Waals surface area (Å²) in [5.41, 5.74) is 5.50. The summed E-state index contributed by atoms with van der Waals surface area (Å²) in [5, 5.41) is 3.03. The van der Waals surface area contributed by atoms with Crippen LogP contribution in [0.15, 0.2) is 12.1 Å². The van der Waals surface area contributed by atoms with Crippen molar-refractivity contribution in [1.82, 2.24) is 4.90 Å². The molecule has 2 aliphatic heterocycles. The first-order valence-corrected chi connectivity index (χ1v) is 6.88. The lowest BCUT2D eigenvalue weighted by Gasteiger charge is -2.35. The van der Waals surface area contributed by atoms with Crippen molar-refractivity contribution in [2.75, 3.05) is 24.1 Å². The van der Waals surface area contributed by atoms with E-state index in [0.717, 1.165) is 31.5 Å². The number of fused-ring (bicyclic) bond motifs is 1. The number of nitrogens with two attached hydrogens (primary N) is 1. The maximum Gasteiger partial charge on any atom is 0.151 e. The average Bonchev–Trinajstić information content (AvgIpc) is 2.81. The highest BCUT2D eigenvalue weighted by Crippen LogP contribution is 2.30. The smallest absolute Gasteiger partial charge is 0.151 e. The summed E-state index contributed by atoms with van der Waals surface area (Å²) in [6, 6.07) is 3.05. The molecule has 0 radical (unpaired) electrons. The molecule has 2 heterocycles. The van der Waals surface area contributed by atoms with Crippen LogP contribution in [0.1, 0.15) is 25.7 Å². The molecule has 104 valence electrons. The Balaban J connectivity index is 1.72. The van der Waals surface area contributed by atoms with Crippen LogP contribution in [0.3, 0.4) is 0 Å². The van der Waals surface area contributed by atoms with Crippen LogP contribution in [0.2, 0.25) is 0 Å². The molecule has 3 N–H and O–H groups in total. The molecular formula is C14H19F2N3. The fraction of sp³-hybridized carbons (Fsp3) is 0.571. The number of anilines is 2. The minimum Gasteiger partial charge on any atom is -0.399 e. The normalized spacial score (nSPS) is 27.3. The molecule has 2 unspecified atom stereocenters. The first-order chi connectivity index (χ1) is 9.13. The number of halogens is 2. The predicted octanol–water partition coefficient (Wildman–Crippen LogP) is 2.59. The standard InChI is InChI=1S/C14H19F2N3/c15-12-6-9(17)7-13(16)14(12)18-10-3-5-19-4-1-2-11(19)8-10/h6-7,10-11,18H,1-5,8,17H2. The number of rotatable bonds is 2. The molecule has 0 amide bonds. The maximum absolute atomic E-state index is 13.7. The largest absolute Gasteiger partial charge is 0.399 e.